The van der Waals surface area contributed by atoms with Crippen molar-refractivity contribution in [3.63, 3.8) is 0 Å². The van der Waals surface area contributed by atoms with Crippen molar-refractivity contribution in [1.82, 2.24) is 4.90 Å². The van der Waals surface area contributed by atoms with Crippen molar-refractivity contribution in [2.45, 2.75) is 64.2 Å². The summed E-state index contributed by atoms with van der Waals surface area (Å²) in [4.78, 5) is 13.2. The molecular formula is C16H34BN2O3. The average molecular weight is 313 g/mol. The van der Waals surface area contributed by atoms with E-state index in [-0.39, 0.29) is 5.92 Å². The summed E-state index contributed by atoms with van der Waals surface area (Å²) in [6.45, 7) is 5.73. The van der Waals surface area contributed by atoms with E-state index in [1.165, 1.54) is 13.0 Å². The van der Waals surface area contributed by atoms with Gasteiger partial charge in [-0.05, 0) is 58.2 Å². The second-order valence-corrected chi connectivity index (χ2v) is 7.03. The highest BCUT2D eigenvalue weighted by molar-refractivity contribution is 6.25. The number of nitrogens with zero attached hydrogens (tertiary/aromatic N) is 1. The molecule has 6 heteroatoms. The molecule has 0 aromatic carbocycles. The number of carboxylic acid groups (broad SMARTS) is 1. The van der Waals surface area contributed by atoms with Crippen molar-refractivity contribution in [2.75, 3.05) is 20.6 Å². The smallest absolute Gasteiger partial charge is 0.323 e. The third-order valence-electron chi connectivity index (χ3n) is 4.31. The van der Waals surface area contributed by atoms with Gasteiger partial charge in [0.1, 0.15) is 5.54 Å². The molecule has 1 aliphatic carbocycles. The predicted molar refractivity (Wildman–Crippen MR) is 91.9 cm³/mol. The summed E-state index contributed by atoms with van der Waals surface area (Å²) in [5, 5.41) is 17.5. The second-order valence-electron chi connectivity index (χ2n) is 7.03. The van der Waals surface area contributed by atoms with Crippen molar-refractivity contribution in [1.29, 1.82) is 0 Å². The molecule has 1 aliphatic rings. The first-order valence-corrected chi connectivity index (χ1v) is 8.37. The molecule has 0 bridgehead atoms. The summed E-state index contributed by atoms with van der Waals surface area (Å²) in [5.74, 6) is 0.0327. The topological polar surface area (TPSA) is 86.8 Å². The number of aliphatic carboxylic acids is 1. The van der Waals surface area contributed by atoms with Gasteiger partial charge in [0, 0.05) is 0 Å². The molecule has 0 spiro atoms. The molecule has 4 N–H and O–H groups in total. The molecule has 0 aromatic heterocycles. The Hall–Kier alpha value is -0.585. The van der Waals surface area contributed by atoms with Gasteiger partial charge in [0.15, 0.2) is 0 Å². The van der Waals surface area contributed by atoms with Gasteiger partial charge < -0.3 is 20.8 Å². The van der Waals surface area contributed by atoms with E-state index in [1.54, 1.807) is 0 Å². The number of hydrogen-bond donors (Lipinski definition) is 3. The monoisotopic (exact) mass is 313 g/mol. The minimum atomic E-state index is -1.02. The first-order chi connectivity index (χ1) is 10.2. The molecule has 0 aromatic rings. The molecule has 0 heterocycles. The van der Waals surface area contributed by atoms with Gasteiger partial charge in [-0.25, -0.2) is 0 Å². The number of hydrogen-bond acceptors (Lipinski definition) is 4. The first-order valence-electron chi connectivity index (χ1n) is 8.37. The first kappa shape index (κ1) is 21.4. The Morgan fingerprint density at radius 2 is 2.09 bits per heavy atom. The largest absolute Gasteiger partial charge is 0.480 e. The molecule has 0 saturated heterocycles. The lowest BCUT2D eigenvalue weighted by Crippen LogP contribution is -2.50. The zero-order chi connectivity index (χ0) is 17.2. The number of nitrogens with two attached hydrogens (primary N) is 1. The normalized spacial score (nSPS) is 24.3. The Morgan fingerprint density at radius 3 is 2.50 bits per heavy atom. The zero-order valence-corrected chi connectivity index (χ0v) is 14.7. The van der Waals surface area contributed by atoms with Gasteiger partial charge in [-0.15, -0.1) is 0 Å². The van der Waals surface area contributed by atoms with Crippen LogP contribution < -0.4 is 5.73 Å². The van der Waals surface area contributed by atoms with Gasteiger partial charge >= 0.3 is 5.97 Å². The molecule has 0 amide bonds. The lowest BCUT2D eigenvalue weighted by molar-refractivity contribution is -0.144. The van der Waals surface area contributed by atoms with E-state index in [0.29, 0.717) is 12.7 Å². The van der Waals surface area contributed by atoms with E-state index in [2.05, 4.69) is 32.8 Å². The van der Waals surface area contributed by atoms with Crippen LogP contribution in [0.25, 0.3) is 0 Å². The highest BCUT2D eigenvalue weighted by Crippen LogP contribution is 2.37. The Kier molecular flexibility index (Phi) is 10.7. The van der Waals surface area contributed by atoms with Gasteiger partial charge in [-0.2, -0.15) is 0 Å². The fraction of sp³-hybridized carbons (Fsp3) is 0.938. The Balaban J connectivity index is 0.000000472. The van der Waals surface area contributed by atoms with Crippen LogP contribution in [0.15, 0.2) is 0 Å². The maximum absolute atomic E-state index is 11.0. The van der Waals surface area contributed by atoms with Crippen LogP contribution in [0.5, 0.6) is 0 Å². The molecule has 2 atom stereocenters. The van der Waals surface area contributed by atoms with E-state index in [4.69, 9.17) is 15.9 Å². The van der Waals surface area contributed by atoms with Crippen LogP contribution in [-0.4, -0.2) is 54.7 Å². The van der Waals surface area contributed by atoms with E-state index < -0.39 is 11.5 Å². The minimum Gasteiger partial charge on any atom is -0.480 e. The number of rotatable bonds is 8. The minimum absolute atomic E-state index is 0.0694. The molecule has 22 heavy (non-hydrogen) atoms. The SMILES string of the molecule is CC(C)CCN(C)C.N[C@@]1(C(=O)O)CCCC1CCC[B]O. The second kappa shape index (κ2) is 11.0. The van der Waals surface area contributed by atoms with Gasteiger partial charge in [0.25, 0.3) is 7.48 Å². The fourth-order valence-electron chi connectivity index (χ4n) is 2.76. The third kappa shape index (κ3) is 8.15. The van der Waals surface area contributed by atoms with Crippen LogP contribution in [0, 0.1) is 11.8 Å². The summed E-state index contributed by atoms with van der Waals surface area (Å²) in [6, 6.07) is 0. The van der Waals surface area contributed by atoms with Crippen LogP contribution >= 0.6 is 0 Å². The van der Waals surface area contributed by atoms with Crippen molar-refractivity contribution >= 4 is 13.5 Å². The molecule has 0 aliphatic heterocycles. The lowest BCUT2D eigenvalue weighted by Gasteiger charge is -2.26. The zero-order valence-electron chi connectivity index (χ0n) is 14.7. The molecule has 129 valence electrons. The van der Waals surface area contributed by atoms with Crippen molar-refractivity contribution in [3.8, 4) is 0 Å². The highest BCUT2D eigenvalue weighted by atomic mass is 16.4. The van der Waals surface area contributed by atoms with E-state index >= 15 is 0 Å². The summed E-state index contributed by atoms with van der Waals surface area (Å²) < 4.78 is 0. The molecule has 5 nitrogen and oxygen atoms in total. The summed E-state index contributed by atoms with van der Waals surface area (Å²) >= 11 is 0. The molecule has 1 radical (unpaired) electrons. The van der Waals surface area contributed by atoms with Gasteiger partial charge in [-0.1, -0.05) is 33.0 Å². The van der Waals surface area contributed by atoms with Crippen LogP contribution in [-0.2, 0) is 4.79 Å². The van der Waals surface area contributed by atoms with Crippen LogP contribution in [0.4, 0.5) is 0 Å². The van der Waals surface area contributed by atoms with Crippen molar-refractivity contribution in [3.05, 3.63) is 0 Å². The van der Waals surface area contributed by atoms with Crippen molar-refractivity contribution < 1.29 is 14.9 Å². The number of carboxylic acids is 1. The summed E-state index contributed by atoms with van der Waals surface area (Å²) in [7, 11) is 5.35. The van der Waals surface area contributed by atoms with E-state index in [0.717, 1.165) is 39.1 Å². The molecular weight excluding hydrogens is 279 g/mol. The van der Waals surface area contributed by atoms with Gasteiger partial charge in [0.05, 0.1) is 0 Å². The maximum atomic E-state index is 11.0. The predicted octanol–water partition coefficient (Wildman–Crippen LogP) is 1.97. The van der Waals surface area contributed by atoms with Gasteiger partial charge in [0.2, 0.25) is 0 Å². The Morgan fingerprint density at radius 1 is 1.45 bits per heavy atom. The third-order valence-corrected chi connectivity index (χ3v) is 4.31. The van der Waals surface area contributed by atoms with Gasteiger partial charge in [-0.3, -0.25) is 4.79 Å². The van der Waals surface area contributed by atoms with Crippen LogP contribution in [0.3, 0.4) is 0 Å². The fourth-order valence-corrected chi connectivity index (χ4v) is 2.76. The average Bonchev–Trinajstić information content (AvgIpc) is 2.80. The summed E-state index contributed by atoms with van der Waals surface area (Å²) in [6.07, 6.45) is 5.91. The molecule has 1 unspecified atom stereocenters. The van der Waals surface area contributed by atoms with Crippen LogP contribution in [0.1, 0.15) is 52.4 Å². The van der Waals surface area contributed by atoms with Crippen molar-refractivity contribution in [2.24, 2.45) is 17.6 Å². The van der Waals surface area contributed by atoms with E-state index in [9.17, 15) is 4.79 Å². The molecule has 1 fully saturated rings. The summed E-state index contributed by atoms with van der Waals surface area (Å²) in [5.41, 5.74) is 4.84. The molecule has 1 saturated carbocycles. The quantitative estimate of drug-likeness (QED) is 0.471. The van der Waals surface area contributed by atoms with Crippen LogP contribution in [0.2, 0.25) is 6.32 Å². The number of carbonyl (C=O) groups is 1. The van der Waals surface area contributed by atoms with E-state index in [1.807, 2.05) is 0 Å². The standard InChI is InChI=1S/C9H17BNO3.C7H17N/c11-9(8(12)13)5-1-3-7(9)4-2-6-10-14;1-7(2)5-6-8(3)4/h7,14H,1-6,11H2,(H,12,13);7H,5-6H2,1-4H3/t7?,9-;/m0./s1. The maximum Gasteiger partial charge on any atom is 0.323 e. The molecule has 1 rings (SSSR count). The lowest BCUT2D eigenvalue weighted by atomic mass is 9.82. The Labute approximate surface area is 136 Å². The Bertz CT molecular complexity index is 306. The highest BCUT2D eigenvalue weighted by Gasteiger charge is 2.45.